The van der Waals surface area contributed by atoms with Gasteiger partial charge in [0.2, 0.25) is 5.91 Å². The van der Waals surface area contributed by atoms with E-state index in [0.717, 1.165) is 28.1 Å². The number of ether oxygens (including phenoxy) is 1. The molecule has 4 aromatic carbocycles. The number of rotatable bonds is 3. The van der Waals surface area contributed by atoms with Gasteiger partial charge in [0.15, 0.2) is 0 Å². The van der Waals surface area contributed by atoms with Crippen LogP contribution in [0.4, 0.5) is 11.4 Å². The van der Waals surface area contributed by atoms with Crippen molar-refractivity contribution in [2.45, 2.75) is 20.8 Å². The number of hydrogen-bond donors (Lipinski definition) is 2. The minimum Gasteiger partial charge on any atom is -0.398 e. The predicted molar refractivity (Wildman–Crippen MR) is 145 cm³/mol. The van der Waals surface area contributed by atoms with Crippen molar-refractivity contribution < 1.29 is 19.1 Å². The molecule has 6 nitrogen and oxygen atoms in total. The van der Waals surface area contributed by atoms with E-state index in [9.17, 15) is 14.4 Å². The van der Waals surface area contributed by atoms with Crippen molar-refractivity contribution in [2.75, 3.05) is 11.1 Å². The number of amides is 1. The highest BCUT2D eigenvalue weighted by Crippen LogP contribution is 2.27. The molecule has 0 heterocycles. The molecule has 3 N–H and O–H groups in total. The Balaban J connectivity index is 0.000000205. The largest absolute Gasteiger partial charge is 0.398 e. The van der Waals surface area contributed by atoms with Gasteiger partial charge in [0.1, 0.15) is 0 Å². The average molecular weight is 483 g/mol. The van der Waals surface area contributed by atoms with Gasteiger partial charge in [-0.1, -0.05) is 97.1 Å². The van der Waals surface area contributed by atoms with Crippen LogP contribution in [0.5, 0.6) is 0 Å². The van der Waals surface area contributed by atoms with E-state index in [0.29, 0.717) is 0 Å². The van der Waals surface area contributed by atoms with Gasteiger partial charge in [-0.15, -0.1) is 0 Å². The molecule has 0 bridgehead atoms. The minimum absolute atomic E-state index is 0.0524. The Labute approximate surface area is 211 Å². The molecule has 0 aromatic heterocycles. The summed E-state index contributed by atoms with van der Waals surface area (Å²) < 4.78 is 3.97. The van der Waals surface area contributed by atoms with Crippen LogP contribution in [0.15, 0.2) is 109 Å². The van der Waals surface area contributed by atoms with E-state index in [-0.39, 0.29) is 5.91 Å². The summed E-state index contributed by atoms with van der Waals surface area (Å²) in [4.78, 5) is 30.7. The molecule has 36 heavy (non-hydrogen) atoms. The van der Waals surface area contributed by atoms with Crippen LogP contribution >= 0.6 is 0 Å². The second kappa shape index (κ2) is 14.5. The van der Waals surface area contributed by atoms with E-state index in [2.05, 4.69) is 22.2 Å². The number of anilines is 2. The van der Waals surface area contributed by atoms with Crippen LogP contribution in [-0.4, -0.2) is 17.8 Å². The summed E-state index contributed by atoms with van der Waals surface area (Å²) in [6, 6.07) is 35.8. The van der Waals surface area contributed by atoms with Crippen molar-refractivity contribution in [3.05, 3.63) is 109 Å². The molecule has 0 aliphatic heterocycles. The number of benzene rings is 4. The second-order valence-corrected chi connectivity index (χ2v) is 7.63. The normalized spacial score (nSPS) is 9.42. The average Bonchev–Trinajstić information content (AvgIpc) is 2.85. The highest BCUT2D eigenvalue weighted by Gasteiger charge is 2.04. The molecule has 0 radical (unpaired) electrons. The molecule has 0 unspecified atom stereocenters. The number of nitrogens with two attached hydrogens (primary N) is 1. The van der Waals surface area contributed by atoms with Crippen LogP contribution < -0.4 is 11.1 Å². The number of nitrogens with one attached hydrogen (secondary N) is 1. The lowest BCUT2D eigenvalue weighted by atomic mass is 10.0. The molecule has 0 aliphatic rings. The number of esters is 2. The molecule has 0 atom stereocenters. The Bertz CT molecular complexity index is 1260. The van der Waals surface area contributed by atoms with Gasteiger partial charge in [-0.25, -0.2) is 0 Å². The second-order valence-electron chi connectivity index (χ2n) is 7.63. The summed E-state index contributed by atoms with van der Waals surface area (Å²) in [7, 11) is 0. The molecule has 6 heteroatoms. The van der Waals surface area contributed by atoms with Crippen LogP contribution in [0.1, 0.15) is 20.8 Å². The third-order valence-corrected chi connectivity index (χ3v) is 4.66. The molecular formula is C30H30N2O4. The number of para-hydroxylation sites is 2. The molecule has 4 aromatic rings. The van der Waals surface area contributed by atoms with E-state index in [1.54, 1.807) is 0 Å². The van der Waals surface area contributed by atoms with Crippen molar-refractivity contribution in [3.8, 4) is 22.3 Å². The molecule has 0 spiro atoms. The molecule has 0 aliphatic carbocycles. The third kappa shape index (κ3) is 9.65. The van der Waals surface area contributed by atoms with Crippen molar-refractivity contribution in [1.29, 1.82) is 0 Å². The van der Waals surface area contributed by atoms with E-state index in [4.69, 9.17) is 5.73 Å². The third-order valence-electron chi connectivity index (χ3n) is 4.66. The van der Waals surface area contributed by atoms with Crippen molar-refractivity contribution >= 4 is 29.2 Å². The zero-order valence-electron chi connectivity index (χ0n) is 20.6. The number of carbonyl (C=O) groups excluding carboxylic acids is 3. The SMILES string of the molecule is CC(=O)Nc1ccccc1-c1ccccc1.CC(=O)OC(C)=O.Nc1ccccc1-c1ccccc1. The van der Waals surface area contributed by atoms with Crippen molar-refractivity contribution in [2.24, 2.45) is 0 Å². The molecule has 0 saturated heterocycles. The van der Waals surface area contributed by atoms with Gasteiger partial charge in [0.05, 0.1) is 0 Å². The lowest BCUT2D eigenvalue weighted by Gasteiger charge is -2.09. The summed E-state index contributed by atoms with van der Waals surface area (Å²) in [5.74, 6) is -1.18. The molecule has 0 saturated carbocycles. The Hall–Kier alpha value is -4.71. The van der Waals surface area contributed by atoms with Crippen molar-refractivity contribution in [3.63, 3.8) is 0 Å². The summed E-state index contributed by atoms with van der Waals surface area (Å²) in [6.45, 7) is 3.88. The van der Waals surface area contributed by atoms with Gasteiger partial charge in [-0.2, -0.15) is 0 Å². The van der Waals surface area contributed by atoms with E-state index in [1.165, 1.54) is 26.3 Å². The zero-order chi connectivity index (χ0) is 26.3. The summed E-state index contributed by atoms with van der Waals surface area (Å²) in [5.41, 5.74) is 11.9. The van der Waals surface area contributed by atoms with Gasteiger partial charge < -0.3 is 15.8 Å². The first kappa shape index (κ1) is 27.5. The first-order valence-electron chi connectivity index (χ1n) is 11.3. The van der Waals surface area contributed by atoms with Crippen molar-refractivity contribution in [1.82, 2.24) is 0 Å². The Kier molecular flexibility index (Phi) is 11.1. The van der Waals surface area contributed by atoms with Gasteiger partial charge in [-0.3, -0.25) is 14.4 Å². The molecule has 1 amide bonds. The van der Waals surface area contributed by atoms with Gasteiger partial charge in [0.25, 0.3) is 0 Å². The molecular weight excluding hydrogens is 452 g/mol. The Morgan fingerprint density at radius 2 is 1.00 bits per heavy atom. The summed E-state index contributed by atoms with van der Waals surface area (Å²) in [6.07, 6.45) is 0. The first-order chi connectivity index (χ1) is 17.3. The van der Waals surface area contributed by atoms with Gasteiger partial charge >= 0.3 is 11.9 Å². The highest BCUT2D eigenvalue weighted by atomic mass is 16.6. The van der Waals surface area contributed by atoms with Gasteiger partial charge in [0, 0.05) is 43.3 Å². The standard InChI is InChI=1S/C14H13NO.C12H11N.C4H6O3/c1-11(16)15-14-10-6-5-9-13(14)12-7-3-2-4-8-12;13-12-9-5-4-8-11(12)10-6-2-1-3-7-10;1-3(5)7-4(2)6/h2-10H,1H3,(H,15,16);1-9H,13H2;1-2H3. The molecule has 0 fully saturated rings. The predicted octanol–water partition coefficient (Wildman–Crippen LogP) is 6.34. The Morgan fingerprint density at radius 3 is 1.44 bits per heavy atom. The van der Waals surface area contributed by atoms with Crippen LogP contribution in [0.3, 0.4) is 0 Å². The highest BCUT2D eigenvalue weighted by molar-refractivity contribution is 5.94. The van der Waals surface area contributed by atoms with Crippen LogP contribution in [0.2, 0.25) is 0 Å². The van der Waals surface area contributed by atoms with Crippen LogP contribution in [0.25, 0.3) is 22.3 Å². The summed E-state index contributed by atoms with van der Waals surface area (Å²) >= 11 is 0. The van der Waals surface area contributed by atoms with E-state index >= 15 is 0 Å². The fourth-order valence-electron chi connectivity index (χ4n) is 3.23. The number of hydrogen-bond acceptors (Lipinski definition) is 5. The van der Waals surface area contributed by atoms with E-state index in [1.807, 2.05) is 97.1 Å². The monoisotopic (exact) mass is 482 g/mol. The number of nitrogen functional groups attached to an aromatic ring is 1. The topological polar surface area (TPSA) is 98.5 Å². The zero-order valence-corrected chi connectivity index (χ0v) is 20.6. The van der Waals surface area contributed by atoms with Gasteiger partial charge in [-0.05, 0) is 23.3 Å². The maximum atomic E-state index is 11.1. The Morgan fingerprint density at radius 1 is 0.583 bits per heavy atom. The maximum Gasteiger partial charge on any atom is 0.310 e. The molecule has 184 valence electrons. The van der Waals surface area contributed by atoms with E-state index < -0.39 is 11.9 Å². The number of carbonyl (C=O) groups is 3. The smallest absolute Gasteiger partial charge is 0.310 e. The lowest BCUT2D eigenvalue weighted by molar-refractivity contribution is -0.156. The molecule has 4 rings (SSSR count). The van der Waals surface area contributed by atoms with Crippen LogP contribution in [-0.2, 0) is 19.1 Å². The fourth-order valence-corrected chi connectivity index (χ4v) is 3.23. The summed E-state index contributed by atoms with van der Waals surface area (Å²) in [5, 5.41) is 2.83. The first-order valence-corrected chi connectivity index (χ1v) is 11.3. The minimum atomic E-state index is -0.562. The fraction of sp³-hybridized carbons (Fsp3) is 0.100. The lowest BCUT2D eigenvalue weighted by Crippen LogP contribution is -2.06. The maximum absolute atomic E-state index is 11.1. The quantitative estimate of drug-likeness (QED) is 0.202. The van der Waals surface area contributed by atoms with Crippen LogP contribution in [0, 0.1) is 0 Å².